The molecule has 2 aromatic rings. The lowest BCUT2D eigenvalue weighted by molar-refractivity contribution is -0.118. The number of amides is 2. The maximum Gasteiger partial charge on any atom is 0.248 e. The predicted octanol–water partition coefficient (Wildman–Crippen LogP) is 3.31. The molecule has 0 saturated heterocycles. The fourth-order valence-corrected chi connectivity index (χ4v) is 3.09. The van der Waals surface area contributed by atoms with Crippen molar-refractivity contribution >= 4 is 40.6 Å². The second-order valence-corrected chi connectivity index (χ2v) is 5.96. The van der Waals surface area contributed by atoms with E-state index in [0.717, 1.165) is 22.5 Å². The van der Waals surface area contributed by atoms with Gasteiger partial charge in [-0.1, -0.05) is 0 Å². The molecule has 112 valence electrons. The van der Waals surface area contributed by atoms with E-state index in [0.29, 0.717) is 12.8 Å². The van der Waals surface area contributed by atoms with E-state index in [2.05, 4.69) is 5.32 Å². The van der Waals surface area contributed by atoms with E-state index in [9.17, 15) is 9.59 Å². The summed E-state index contributed by atoms with van der Waals surface area (Å²) in [6.45, 7) is 0. The lowest BCUT2D eigenvalue weighted by atomic mass is 10.0. The summed E-state index contributed by atoms with van der Waals surface area (Å²) in [7, 11) is 1.78. The van der Waals surface area contributed by atoms with Crippen LogP contribution in [0.5, 0.6) is 0 Å². The molecule has 2 amide bonds. The van der Waals surface area contributed by atoms with Crippen molar-refractivity contribution in [1.29, 1.82) is 0 Å². The number of rotatable bonds is 3. The second-order valence-electron chi connectivity index (χ2n) is 5.18. The molecule has 2 heterocycles. The number of anilines is 2. The molecular formula is C17H16N2O2S. The van der Waals surface area contributed by atoms with E-state index < -0.39 is 0 Å². The van der Waals surface area contributed by atoms with Crippen LogP contribution in [0.1, 0.15) is 17.5 Å². The van der Waals surface area contributed by atoms with Crippen molar-refractivity contribution in [2.75, 3.05) is 17.3 Å². The van der Waals surface area contributed by atoms with Crippen LogP contribution in [0.2, 0.25) is 0 Å². The van der Waals surface area contributed by atoms with Crippen LogP contribution in [0, 0.1) is 0 Å². The summed E-state index contributed by atoms with van der Waals surface area (Å²) >= 11 is 1.60. The number of fused-ring (bicyclic) bond motifs is 1. The molecule has 1 aliphatic heterocycles. The van der Waals surface area contributed by atoms with Gasteiger partial charge in [-0.05, 0) is 58.6 Å². The number of carbonyl (C=O) groups excluding carboxylic acids is 2. The third kappa shape index (κ3) is 3.09. The molecule has 1 N–H and O–H groups in total. The molecule has 1 aromatic heterocycles. The number of benzene rings is 1. The second kappa shape index (κ2) is 6.15. The van der Waals surface area contributed by atoms with Gasteiger partial charge in [-0.25, -0.2) is 0 Å². The van der Waals surface area contributed by atoms with E-state index in [1.54, 1.807) is 29.4 Å². The summed E-state index contributed by atoms with van der Waals surface area (Å²) in [5.74, 6) is -0.0330. The largest absolute Gasteiger partial charge is 0.323 e. The highest BCUT2D eigenvalue weighted by Gasteiger charge is 2.20. The van der Waals surface area contributed by atoms with Crippen LogP contribution >= 0.6 is 11.3 Å². The molecule has 4 nitrogen and oxygen atoms in total. The Morgan fingerprint density at radius 1 is 1.32 bits per heavy atom. The molecule has 22 heavy (non-hydrogen) atoms. The predicted molar refractivity (Wildman–Crippen MR) is 90.2 cm³/mol. The van der Waals surface area contributed by atoms with Crippen LogP contribution in [0.3, 0.4) is 0 Å². The fraction of sp³-hybridized carbons (Fsp3) is 0.176. The van der Waals surface area contributed by atoms with Crippen LogP contribution < -0.4 is 10.2 Å². The maximum atomic E-state index is 11.9. The number of hydrogen-bond acceptors (Lipinski definition) is 3. The van der Waals surface area contributed by atoms with Crippen molar-refractivity contribution in [1.82, 2.24) is 0 Å². The highest BCUT2D eigenvalue weighted by atomic mass is 32.1. The zero-order chi connectivity index (χ0) is 15.5. The minimum atomic E-state index is -0.161. The average molecular weight is 312 g/mol. The summed E-state index contributed by atoms with van der Waals surface area (Å²) in [6, 6.07) is 7.60. The van der Waals surface area contributed by atoms with Crippen LogP contribution in [0.15, 0.2) is 41.1 Å². The fourth-order valence-electron chi connectivity index (χ4n) is 2.46. The summed E-state index contributed by atoms with van der Waals surface area (Å²) in [6.07, 6.45) is 4.54. The molecule has 0 radical (unpaired) electrons. The number of aryl methyl sites for hydroxylation is 1. The standard InChI is InChI=1S/C17H16N2O2S/c1-19-15-5-4-14(10-13(15)3-7-17(19)21)18-16(20)6-2-12-8-9-22-11-12/h2,4-6,8-11H,3,7H2,1H3,(H,18,20)/b6-2+. The normalized spacial score (nSPS) is 14.2. The molecule has 5 heteroatoms. The monoisotopic (exact) mass is 312 g/mol. The maximum absolute atomic E-state index is 11.9. The zero-order valence-corrected chi connectivity index (χ0v) is 13.0. The Hall–Kier alpha value is -2.40. The number of nitrogens with one attached hydrogen (secondary N) is 1. The third-order valence-electron chi connectivity index (χ3n) is 3.66. The van der Waals surface area contributed by atoms with Crippen molar-refractivity contribution in [3.8, 4) is 0 Å². The van der Waals surface area contributed by atoms with Crippen molar-refractivity contribution in [2.45, 2.75) is 12.8 Å². The Morgan fingerprint density at radius 2 is 2.18 bits per heavy atom. The van der Waals surface area contributed by atoms with Gasteiger partial charge in [0.2, 0.25) is 11.8 Å². The molecule has 0 spiro atoms. The topological polar surface area (TPSA) is 49.4 Å². The van der Waals surface area contributed by atoms with Crippen LogP contribution in [-0.4, -0.2) is 18.9 Å². The van der Waals surface area contributed by atoms with Crippen molar-refractivity contribution in [3.63, 3.8) is 0 Å². The molecule has 1 aromatic carbocycles. The molecule has 1 aliphatic rings. The van der Waals surface area contributed by atoms with Crippen LogP contribution in [0.4, 0.5) is 11.4 Å². The van der Waals surface area contributed by atoms with Gasteiger partial charge in [-0.15, -0.1) is 0 Å². The minimum absolute atomic E-state index is 0.128. The molecule has 0 bridgehead atoms. The van der Waals surface area contributed by atoms with Gasteiger partial charge in [0.15, 0.2) is 0 Å². The zero-order valence-electron chi connectivity index (χ0n) is 12.2. The summed E-state index contributed by atoms with van der Waals surface area (Å²) in [5, 5.41) is 6.81. The molecule has 0 aliphatic carbocycles. The average Bonchev–Trinajstić information content (AvgIpc) is 3.02. The highest BCUT2D eigenvalue weighted by molar-refractivity contribution is 7.08. The summed E-state index contributed by atoms with van der Waals surface area (Å²) in [5.41, 5.74) is 3.77. The first-order valence-corrected chi connectivity index (χ1v) is 7.98. The van der Waals surface area contributed by atoms with E-state index in [1.165, 1.54) is 6.08 Å². The number of thiophene rings is 1. The molecule has 0 atom stereocenters. The number of hydrogen-bond donors (Lipinski definition) is 1. The lowest BCUT2D eigenvalue weighted by Gasteiger charge is -2.26. The van der Waals surface area contributed by atoms with Gasteiger partial charge >= 0.3 is 0 Å². The van der Waals surface area contributed by atoms with Crippen LogP contribution in [0.25, 0.3) is 6.08 Å². The van der Waals surface area contributed by atoms with E-state index in [1.807, 2.05) is 35.0 Å². The van der Waals surface area contributed by atoms with Gasteiger partial charge in [0, 0.05) is 30.9 Å². The van der Waals surface area contributed by atoms with E-state index >= 15 is 0 Å². The first kappa shape index (κ1) is 14.5. The smallest absolute Gasteiger partial charge is 0.248 e. The van der Waals surface area contributed by atoms with Crippen molar-refractivity contribution < 1.29 is 9.59 Å². The first-order valence-electron chi connectivity index (χ1n) is 7.04. The minimum Gasteiger partial charge on any atom is -0.323 e. The van der Waals surface area contributed by atoms with Gasteiger partial charge in [0.25, 0.3) is 0 Å². The van der Waals surface area contributed by atoms with Gasteiger partial charge in [0.05, 0.1) is 0 Å². The Kier molecular flexibility index (Phi) is 4.06. The van der Waals surface area contributed by atoms with Crippen molar-refractivity contribution in [2.24, 2.45) is 0 Å². The lowest BCUT2D eigenvalue weighted by Crippen LogP contribution is -2.31. The molecule has 0 fully saturated rings. The molecular weight excluding hydrogens is 296 g/mol. The Labute approximate surface area is 133 Å². The SMILES string of the molecule is CN1C(=O)CCc2cc(NC(=O)/C=C/c3ccsc3)ccc21. The first-order chi connectivity index (χ1) is 10.6. The van der Waals surface area contributed by atoms with E-state index in [4.69, 9.17) is 0 Å². The number of nitrogens with zero attached hydrogens (tertiary/aromatic N) is 1. The quantitative estimate of drug-likeness (QED) is 0.884. The van der Waals surface area contributed by atoms with Crippen LogP contribution in [-0.2, 0) is 16.0 Å². The Morgan fingerprint density at radius 3 is 2.95 bits per heavy atom. The summed E-state index contributed by atoms with van der Waals surface area (Å²) in [4.78, 5) is 25.3. The summed E-state index contributed by atoms with van der Waals surface area (Å²) < 4.78 is 0. The highest BCUT2D eigenvalue weighted by Crippen LogP contribution is 2.29. The Balaban J connectivity index is 1.71. The van der Waals surface area contributed by atoms with Gasteiger partial charge in [-0.2, -0.15) is 11.3 Å². The third-order valence-corrected chi connectivity index (χ3v) is 4.36. The van der Waals surface area contributed by atoms with E-state index in [-0.39, 0.29) is 11.8 Å². The molecule has 3 rings (SSSR count). The molecule has 0 saturated carbocycles. The molecule has 0 unspecified atom stereocenters. The van der Waals surface area contributed by atoms with Gasteiger partial charge in [0.1, 0.15) is 0 Å². The van der Waals surface area contributed by atoms with Gasteiger partial charge in [-0.3, -0.25) is 9.59 Å². The Bertz CT molecular complexity index is 735. The van der Waals surface area contributed by atoms with Gasteiger partial charge < -0.3 is 10.2 Å². The van der Waals surface area contributed by atoms with Crippen molar-refractivity contribution in [3.05, 3.63) is 52.2 Å². The number of carbonyl (C=O) groups is 2.